The van der Waals surface area contributed by atoms with Crippen molar-refractivity contribution in [1.29, 1.82) is 0 Å². The number of amides is 1. The van der Waals surface area contributed by atoms with Crippen molar-refractivity contribution in [2.75, 3.05) is 19.8 Å². The summed E-state index contributed by atoms with van der Waals surface area (Å²) >= 11 is 0. The van der Waals surface area contributed by atoms with Crippen molar-refractivity contribution in [2.24, 2.45) is 11.8 Å². The summed E-state index contributed by atoms with van der Waals surface area (Å²) in [5, 5.41) is 2.86. The summed E-state index contributed by atoms with van der Waals surface area (Å²) in [5.74, 6) is 0.656. The van der Waals surface area contributed by atoms with Crippen molar-refractivity contribution in [1.82, 2.24) is 5.32 Å². The molecule has 0 aliphatic heterocycles. The van der Waals surface area contributed by atoms with E-state index in [1.165, 1.54) is 0 Å². The molecule has 0 spiro atoms. The highest BCUT2D eigenvalue weighted by atomic mass is 16.5. The van der Waals surface area contributed by atoms with E-state index in [1.807, 2.05) is 27.7 Å². The third-order valence-corrected chi connectivity index (χ3v) is 3.14. The van der Waals surface area contributed by atoms with E-state index in [-0.39, 0.29) is 17.7 Å². The second-order valence-corrected chi connectivity index (χ2v) is 5.84. The first kappa shape index (κ1) is 19.1. The Balaban J connectivity index is 3.21. The van der Waals surface area contributed by atoms with Crippen LogP contribution in [0.5, 0.6) is 0 Å². The smallest absolute Gasteiger partial charge is 0.222 e. The predicted molar refractivity (Wildman–Crippen MR) is 81.6 cm³/mol. The van der Waals surface area contributed by atoms with Gasteiger partial charge in [-0.05, 0) is 19.3 Å². The number of ether oxygens (including phenoxy) is 1. The number of Topliss-reactive ketones (excluding diaryl/α,β-unsaturated/α-hetero) is 1. The van der Waals surface area contributed by atoms with Gasteiger partial charge in [0.1, 0.15) is 5.78 Å². The van der Waals surface area contributed by atoms with Crippen LogP contribution in [0, 0.1) is 11.8 Å². The maximum absolute atomic E-state index is 11.4. The Kier molecular flexibility index (Phi) is 11.4. The van der Waals surface area contributed by atoms with E-state index in [9.17, 15) is 9.59 Å². The molecule has 0 fully saturated rings. The first-order valence-corrected chi connectivity index (χ1v) is 7.83. The molecular weight excluding hydrogens is 254 g/mol. The Morgan fingerprint density at radius 2 is 1.55 bits per heavy atom. The van der Waals surface area contributed by atoms with Crippen LogP contribution in [-0.4, -0.2) is 31.4 Å². The van der Waals surface area contributed by atoms with Gasteiger partial charge in [0.15, 0.2) is 0 Å². The molecule has 0 aromatic heterocycles. The average molecular weight is 285 g/mol. The first-order chi connectivity index (χ1) is 9.45. The van der Waals surface area contributed by atoms with E-state index in [4.69, 9.17) is 4.74 Å². The zero-order valence-corrected chi connectivity index (χ0v) is 13.5. The Morgan fingerprint density at radius 3 is 2.15 bits per heavy atom. The molecule has 0 aromatic rings. The van der Waals surface area contributed by atoms with Gasteiger partial charge in [-0.2, -0.15) is 0 Å². The molecule has 1 amide bonds. The fourth-order valence-electron chi connectivity index (χ4n) is 1.66. The predicted octanol–water partition coefficient (Wildman–Crippen LogP) is 2.95. The second-order valence-electron chi connectivity index (χ2n) is 5.84. The van der Waals surface area contributed by atoms with Gasteiger partial charge in [-0.15, -0.1) is 0 Å². The van der Waals surface area contributed by atoms with E-state index >= 15 is 0 Å². The fraction of sp³-hybridized carbons (Fsp3) is 0.875. The van der Waals surface area contributed by atoms with E-state index in [0.29, 0.717) is 25.4 Å². The van der Waals surface area contributed by atoms with E-state index in [1.54, 1.807) is 0 Å². The normalized spacial score (nSPS) is 11.1. The number of unbranched alkanes of at least 4 members (excludes halogenated alkanes) is 2. The summed E-state index contributed by atoms with van der Waals surface area (Å²) in [6.45, 7) is 9.77. The average Bonchev–Trinajstić information content (AvgIpc) is 2.39. The van der Waals surface area contributed by atoms with Gasteiger partial charge in [0.05, 0.1) is 0 Å². The number of nitrogens with one attached hydrogen (secondary N) is 1. The number of ketones is 1. The second kappa shape index (κ2) is 11.9. The molecule has 4 nitrogen and oxygen atoms in total. The number of carbonyl (C=O) groups excluding carboxylic acids is 2. The topological polar surface area (TPSA) is 55.4 Å². The summed E-state index contributed by atoms with van der Waals surface area (Å²) in [4.78, 5) is 22.7. The minimum atomic E-state index is 0.0458. The van der Waals surface area contributed by atoms with Crippen molar-refractivity contribution in [2.45, 2.75) is 59.8 Å². The quantitative estimate of drug-likeness (QED) is 0.561. The van der Waals surface area contributed by atoms with E-state index in [2.05, 4.69) is 5.32 Å². The molecular formula is C16H31NO3. The highest BCUT2D eigenvalue weighted by Gasteiger charge is 2.06. The number of hydrogen-bond acceptors (Lipinski definition) is 3. The summed E-state index contributed by atoms with van der Waals surface area (Å²) in [6, 6.07) is 0. The monoisotopic (exact) mass is 285 g/mol. The lowest BCUT2D eigenvalue weighted by molar-refractivity contribution is -0.124. The van der Waals surface area contributed by atoms with Crippen LogP contribution in [0.15, 0.2) is 0 Å². The standard InChI is InChI=1S/C16H31NO3/c1-13(2)15(18)9-6-5-7-11-20-12-8-10-17-16(19)14(3)4/h13-14H,5-12H2,1-4H3,(H,17,19). The van der Waals surface area contributed by atoms with Crippen LogP contribution >= 0.6 is 0 Å². The summed E-state index contributed by atoms with van der Waals surface area (Å²) in [7, 11) is 0. The first-order valence-electron chi connectivity index (χ1n) is 7.83. The van der Waals surface area contributed by atoms with Crippen LogP contribution in [0.25, 0.3) is 0 Å². The zero-order chi connectivity index (χ0) is 15.4. The third-order valence-electron chi connectivity index (χ3n) is 3.14. The molecule has 1 N–H and O–H groups in total. The van der Waals surface area contributed by atoms with Gasteiger partial charge >= 0.3 is 0 Å². The highest BCUT2D eigenvalue weighted by molar-refractivity contribution is 5.80. The van der Waals surface area contributed by atoms with Crippen molar-refractivity contribution in [3.05, 3.63) is 0 Å². The summed E-state index contributed by atoms with van der Waals surface area (Å²) < 4.78 is 5.49. The van der Waals surface area contributed by atoms with Gasteiger partial charge in [0.2, 0.25) is 5.91 Å². The molecule has 0 aliphatic carbocycles. The van der Waals surface area contributed by atoms with Gasteiger partial charge in [0.25, 0.3) is 0 Å². The molecule has 0 bridgehead atoms. The number of rotatable bonds is 12. The minimum Gasteiger partial charge on any atom is -0.381 e. The van der Waals surface area contributed by atoms with Crippen LogP contribution in [0.3, 0.4) is 0 Å². The molecule has 0 radical (unpaired) electrons. The van der Waals surface area contributed by atoms with Crippen LogP contribution in [-0.2, 0) is 14.3 Å². The molecule has 20 heavy (non-hydrogen) atoms. The van der Waals surface area contributed by atoms with Crippen LogP contribution in [0.4, 0.5) is 0 Å². The third kappa shape index (κ3) is 11.0. The molecule has 0 unspecified atom stereocenters. The molecule has 0 rings (SSSR count). The van der Waals surface area contributed by atoms with Crippen molar-refractivity contribution in [3.8, 4) is 0 Å². The van der Waals surface area contributed by atoms with E-state index < -0.39 is 0 Å². The molecule has 118 valence electrons. The van der Waals surface area contributed by atoms with Gasteiger partial charge in [-0.3, -0.25) is 9.59 Å². The fourth-order valence-corrected chi connectivity index (χ4v) is 1.66. The Morgan fingerprint density at radius 1 is 0.900 bits per heavy atom. The van der Waals surface area contributed by atoms with Crippen molar-refractivity contribution >= 4 is 11.7 Å². The molecule has 0 heterocycles. The van der Waals surface area contributed by atoms with Crippen molar-refractivity contribution < 1.29 is 14.3 Å². The van der Waals surface area contributed by atoms with Crippen molar-refractivity contribution in [3.63, 3.8) is 0 Å². The Labute approximate surface area is 123 Å². The molecule has 0 saturated heterocycles. The summed E-state index contributed by atoms with van der Waals surface area (Å²) in [6.07, 6.45) is 4.56. The molecule has 0 aromatic carbocycles. The largest absolute Gasteiger partial charge is 0.381 e. The molecule has 0 saturated carbocycles. The van der Waals surface area contributed by atoms with Gasteiger partial charge in [0, 0.05) is 38.0 Å². The minimum absolute atomic E-state index is 0.0458. The maximum Gasteiger partial charge on any atom is 0.222 e. The zero-order valence-electron chi connectivity index (χ0n) is 13.5. The lowest BCUT2D eigenvalue weighted by Gasteiger charge is -2.08. The van der Waals surface area contributed by atoms with Crippen LogP contribution < -0.4 is 5.32 Å². The van der Waals surface area contributed by atoms with Gasteiger partial charge < -0.3 is 10.1 Å². The van der Waals surface area contributed by atoms with Gasteiger partial charge in [-0.25, -0.2) is 0 Å². The lowest BCUT2D eigenvalue weighted by atomic mass is 10.0. The van der Waals surface area contributed by atoms with Crippen LogP contribution in [0.1, 0.15) is 59.8 Å². The SMILES string of the molecule is CC(C)C(=O)CCCCCOCCCNC(=O)C(C)C. The number of carbonyl (C=O) groups is 2. The highest BCUT2D eigenvalue weighted by Crippen LogP contribution is 2.06. The molecule has 4 heteroatoms. The molecule has 0 atom stereocenters. The van der Waals surface area contributed by atoms with Crippen LogP contribution in [0.2, 0.25) is 0 Å². The summed E-state index contributed by atoms with van der Waals surface area (Å²) in [5.41, 5.74) is 0. The lowest BCUT2D eigenvalue weighted by Crippen LogP contribution is -2.29. The Bertz CT molecular complexity index is 247. The maximum atomic E-state index is 11.4. The molecule has 0 aliphatic rings. The van der Waals surface area contributed by atoms with E-state index in [0.717, 1.165) is 32.3 Å². The van der Waals surface area contributed by atoms with Gasteiger partial charge in [-0.1, -0.05) is 34.1 Å². The Hall–Kier alpha value is -0.900. The number of hydrogen-bond donors (Lipinski definition) is 1.